The molecule has 3 N–H and O–H groups in total. The largest absolute Gasteiger partial charge is 0.507 e. The Bertz CT molecular complexity index is 2910. The predicted octanol–water partition coefficient (Wildman–Crippen LogP) is 14.4. The molecule has 2 aromatic heterocycles. The number of aromatic nitrogens is 6. The van der Waals surface area contributed by atoms with Crippen molar-refractivity contribution in [2.45, 2.75) is 99.8 Å². The Hall–Kier alpha value is -7.86. The molecule has 0 aliphatic carbocycles. The van der Waals surface area contributed by atoms with E-state index in [-0.39, 0.29) is 17.2 Å². The highest BCUT2D eigenvalue weighted by atomic mass is 16.5. The van der Waals surface area contributed by atoms with Crippen LogP contribution < -0.4 is 14.2 Å². The molecule has 12 heteroatoms. The number of phenolic OH excluding ortho intramolecular Hbond substituents is 3. The molecular formula is C60H66N6O6. The Kier molecular flexibility index (Phi) is 18.3. The van der Waals surface area contributed by atoms with Gasteiger partial charge in [0.25, 0.3) is 0 Å². The minimum atomic E-state index is -0.000124. The molecule has 0 spiro atoms. The van der Waals surface area contributed by atoms with E-state index in [1.165, 1.54) is 43.2 Å². The van der Waals surface area contributed by atoms with Crippen LogP contribution in [0.4, 0.5) is 0 Å². The molecular weight excluding hydrogens is 901 g/mol. The van der Waals surface area contributed by atoms with Gasteiger partial charge < -0.3 is 29.5 Å². The summed E-state index contributed by atoms with van der Waals surface area (Å²) in [6.45, 7) is 16.2. The molecule has 0 aliphatic heterocycles. The van der Waals surface area contributed by atoms with Gasteiger partial charge in [0.15, 0.2) is 34.9 Å². The van der Waals surface area contributed by atoms with Crippen LogP contribution in [0.2, 0.25) is 0 Å². The molecule has 6 aromatic carbocycles. The van der Waals surface area contributed by atoms with Gasteiger partial charge in [-0.25, -0.2) is 29.9 Å². The highest BCUT2D eigenvalue weighted by Crippen LogP contribution is 2.37. The summed E-state index contributed by atoms with van der Waals surface area (Å²) in [6, 6.07) is 37.7. The molecule has 2 heterocycles. The summed E-state index contributed by atoms with van der Waals surface area (Å²) >= 11 is 0. The maximum absolute atomic E-state index is 10.9. The lowest BCUT2D eigenvalue weighted by atomic mass is 10.0. The second kappa shape index (κ2) is 25.3. The first-order chi connectivity index (χ1) is 34.9. The van der Waals surface area contributed by atoms with E-state index in [9.17, 15) is 15.3 Å². The van der Waals surface area contributed by atoms with E-state index in [4.69, 9.17) is 39.1 Å². The van der Waals surface area contributed by atoms with Gasteiger partial charge in [-0.2, -0.15) is 0 Å². The van der Waals surface area contributed by atoms with Crippen molar-refractivity contribution in [3.8, 4) is 103 Å². The summed E-state index contributed by atoms with van der Waals surface area (Å²) in [7, 11) is 0. The number of aromatic hydroxyl groups is 3. The summed E-state index contributed by atoms with van der Waals surface area (Å²) in [5.41, 5.74) is 8.55. The van der Waals surface area contributed by atoms with Gasteiger partial charge in [0.2, 0.25) is 0 Å². The molecule has 0 aliphatic rings. The van der Waals surface area contributed by atoms with Gasteiger partial charge in [0, 0.05) is 34.9 Å². The number of aryl methyl sites for hydroxylation is 4. The number of hydrogen-bond donors (Lipinski definition) is 3. The van der Waals surface area contributed by atoms with Gasteiger partial charge in [-0.3, -0.25) is 0 Å². The van der Waals surface area contributed by atoms with Crippen LogP contribution in [0.25, 0.3) is 68.3 Å². The Morgan fingerprint density at radius 2 is 0.681 bits per heavy atom. The van der Waals surface area contributed by atoms with Crippen molar-refractivity contribution in [3.05, 3.63) is 144 Å². The number of phenols is 3. The van der Waals surface area contributed by atoms with E-state index in [1.54, 1.807) is 42.5 Å². The number of nitrogens with zero attached hydrogens (tertiary/aromatic N) is 6. The maximum Gasteiger partial charge on any atom is 0.167 e. The topological polar surface area (TPSA) is 166 Å². The third-order valence-electron chi connectivity index (χ3n) is 11.9. The maximum atomic E-state index is 10.9. The Morgan fingerprint density at radius 1 is 0.333 bits per heavy atom. The minimum Gasteiger partial charge on any atom is -0.507 e. The Labute approximate surface area is 423 Å². The summed E-state index contributed by atoms with van der Waals surface area (Å²) in [4.78, 5) is 28.2. The van der Waals surface area contributed by atoms with Crippen LogP contribution in [0.3, 0.4) is 0 Å². The zero-order valence-electron chi connectivity index (χ0n) is 42.6. The molecule has 0 saturated carbocycles. The van der Waals surface area contributed by atoms with Gasteiger partial charge in [-0.15, -0.1) is 0 Å². The van der Waals surface area contributed by atoms with Crippen molar-refractivity contribution in [1.29, 1.82) is 0 Å². The average molecular weight is 967 g/mol. The zero-order chi connectivity index (χ0) is 51.0. The first-order valence-corrected chi connectivity index (χ1v) is 25.0. The molecule has 8 aromatic rings. The zero-order valence-corrected chi connectivity index (χ0v) is 42.6. The standard InChI is InChI=1S/C31H35N3O2.C29H31N3O4/c1-4-5-6-7-8-9-20-36-26-18-19-27(28(35)21-26)31-33-29(24-14-10-22(2)11-15-24)32-30(34-31)25-16-12-23(3)13-17-25;1-5-13-35-20-8-11-23(25(33)16-20)28-30-27(22-10-7-18(3)15-19(22)4)31-29(32-28)24-12-9-21(17-26(24)34)36-14-6-2/h10-19,21,35H,4-9,20H2,1-3H3;7-12,15-17,33-34H,5-6,13-14H2,1-4H3. The van der Waals surface area contributed by atoms with Crippen LogP contribution in [-0.2, 0) is 0 Å². The van der Waals surface area contributed by atoms with E-state index in [2.05, 4.69) is 31.8 Å². The monoisotopic (exact) mass is 967 g/mol. The first kappa shape index (κ1) is 52.0. The van der Waals surface area contributed by atoms with Crippen LogP contribution in [-0.4, -0.2) is 65.0 Å². The summed E-state index contributed by atoms with van der Waals surface area (Å²) in [5, 5.41) is 32.4. The second-order valence-electron chi connectivity index (χ2n) is 18.0. The smallest absolute Gasteiger partial charge is 0.167 e. The lowest BCUT2D eigenvalue weighted by molar-refractivity contribution is 0.303. The summed E-state index contributed by atoms with van der Waals surface area (Å²) < 4.78 is 17.2. The highest BCUT2D eigenvalue weighted by molar-refractivity contribution is 5.74. The van der Waals surface area contributed by atoms with Crippen molar-refractivity contribution in [1.82, 2.24) is 29.9 Å². The van der Waals surface area contributed by atoms with E-state index in [1.807, 2.05) is 100 Å². The molecule has 0 fully saturated rings. The number of unbranched alkanes of at least 4 members (excludes halogenated alkanes) is 5. The minimum absolute atomic E-state index is 0.000124. The van der Waals surface area contributed by atoms with Crippen LogP contribution in [0.5, 0.6) is 34.5 Å². The molecule has 8 rings (SSSR count). The fourth-order valence-electron chi connectivity index (χ4n) is 7.84. The Morgan fingerprint density at radius 3 is 1.08 bits per heavy atom. The molecule has 0 saturated heterocycles. The van der Waals surface area contributed by atoms with E-state index < -0.39 is 0 Å². The Balaban J connectivity index is 0.000000211. The van der Waals surface area contributed by atoms with Gasteiger partial charge in [0.1, 0.15) is 34.5 Å². The summed E-state index contributed by atoms with van der Waals surface area (Å²) in [6.07, 6.45) is 8.99. The van der Waals surface area contributed by atoms with Crippen molar-refractivity contribution < 1.29 is 29.5 Å². The average Bonchev–Trinajstić information content (AvgIpc) is 3.37. The molecule has 0 unspecified atom stereocenters. The lowest BCUT2D eigenvalue weighted by Gasteiger charge is -2.13. The van der Waals surface area contributed by atoms with Gasteiger partial charge in [-0.1, -0.05) is 136 Å². The summed E-state index contributed by atoms with van der Waals surface area (Å²) in [5.74, 6) is 4.48. The molecule has 0 bridgehead atoms. The van der Waals surface area contributed by atoms with Crippen LogP contribution in [0.1, 0.15) is 94.4 Å². The normalized spacial score (nSPS) is 10.9. The number of benzene rings is 6. The SMILES string of the molecule is CCCCCCCCOc1ccc(-c2nc(-c3ccc(C)cc3)nc(-c3ccc(C)cc3)n2)c(O)c1.CCCOc1ccc(-c2nc(-c3ccc(C)cc3C)nc(-c3ccc(OCCC)cc3O)n2)c(O)c1. The molecule has 0 amide bonds. The van der Waals surface area contributed by atoms with Crippen molar-refractivity contribution >= 4 is 0 Å². The second-order valence-corrected chi connectivity index (χ2v) is 18.0. The van der Waals surface area contributed by atoms with Crippen LogP contribution in [0, 0.1) is 27.7 Å². The van der Waals surface area contributed by atoms with Gasteiger partial charge >= 0.3 is 0 Å². The first-order valence-electron chi connectivity index (χ1n) is 25.0. The quantitative estimate of drug-likeness (QED) is 0.0620. The van der Waals surface area contributed by atoms with Gasteiger partial charge in [-0.05, 0) is 88.9 Å². The highest BCUT2D eigenvalue weighted by Gasteiger charge is 2.19. The molecule has 0 radical (unpaired) electrons. The molecule has 0 atom stereocenters. The van der Waals surface area contributed by atoms with E-state index in [0.717, 1.165) is 47.1 Å². The molecule has 372 valence electrons. The van der Waals surface area contributed by atoms with Crippen molar-refractivity contribution in [2.75, 3.05) is 19.8 Å². The van der Waals surface area contributed by atoms with Crippen molar-refractivity contribution in [3.63, 3.8) is 0 Å². The lowest BCUT2D eigenvalue weighted by Crippen LogP contribution is -2.02. The number of ether oxygens (including phenoxy) is 3. The van der Waals surface area contributed by atoms with Crippen LogP contribution in [0.15, 0.2) is 121 Å². The van der Waals surface area contributed by atoms with Crippen molar-refractivity contribution in [2.24, 2.45) is 0 Å². The molecule has 72 heavy (non-hydrogen) atoms. The number of rotatable bonds is 20. The third-order valence-corrected chi connectivity index (χ3v) is 11.9. The molecule has 12 nitrogen and oxygen atoms in total. The fourth-order valence-corrected chi connectivity index (χ4v) is 7.84. The van der Waals surface area contributed by atoms with Gasteiger partial charge in [0.05, 0.1) is 36.5 Å². The van der Waals surface area contributed by atoms with E-state index >= 15 is 0 Å². The van der Waals surface area contributed by atoms with E-state index in [0.29, 0.717) is 88.7 Å². The predicted molar refractivity (Wildman–Crippen MR) is 287 cm³/mol. The number of hydrogen-bond acceptors (Lipinski definition) is 12. The third kappa shape index (κ3) is 13.9. The fraction of sp³-hybridized carbons (Fsp3) is 0.300. The van der Waals surface area contributed by atoms with Crippen LogP contribution >= 0.6 is 0 Å².